The second-order valence-corrected chi connectivity index (χ2v) is 12.8. The molecule has 2 unspecified atom stereocenters. The van der Waals surface area contributed by atoms with Gasteiger partial charge in [-0.05, 0) is 66.2 Å². The van der Waals surface area contributed by atoms with E-state index in [4.69, 9.17) is 0 Å². The number of fused-ring (bicyclic) bond motifs is 5. The number of rotatable bonds is 5. The molecule has 0 radical (unpaired) electrons. The van der Waals surface area contributed by atoms with Crippen LogP contribution in [0.5, 0.6) is 0 Å². The van der Waals surface area contributed by atoms with Crippen molar-refractivity contribution in [3.8, 4) is 0 Å². The molecular weight excluding hydrogens is 501 g/mol. The van der Waals surface area contributed by atoms with Gasteiger partial charge in [0.25, 0.3) is 10.0 Å². The van der Waals surface area contributed by atoms with Crippen LogP contribution in [0.3, 0.4) is 0 Å². The molecule has 2 aliphatic carbocycles. The Morgan fingerprint density at radius 1 is 1.14 bits per heavy atom. The fourth-order valence-electron chi connectivity index (χ4n) is 6.75. The first-order valence-corrected chi connectivity index (χ1v) is 14.1. The number of imidazole rings is 1. The predicted molar refractivity (Wildman–Crippen MR) is 131 cm³/mol. The van der Waals surface area contributed by atoms with Gasteiger partial charge in [-0.1, -0.05) is 30.3 Å². The number of sulfonamides is 1. The van der Waals surface area contributed by atoms with E-state index in [2.05, 4.69) is 22.0 Å². The largest absolute Gasteiger partial charge is 0.416 e. The minimum atomic E-state index is -4.37. The molecule has 3 aromatic rings. The summed E-state index contributed by atoms with van der Waals surface area (Å²) in [6.45, 7) is 2.81. The van der Waals surface area contributed by atoms with Gasteiger partial charge < -0.3 is 4.57 Å². The Balaban J connectivity index is 1.20. The van der Waals surface area contributed by atoms with Crippen molar-refractivity contribution >= 4 is 10.0 Å². The first-order chi connectivity index (χ1) is 17.6. The monoisotopic (exact) mass is 528 g/mol. The van der Waals surface area contributed by atoms with Crippen LogP contribution in [0.25, 0.3) is 0 Å². The Morgan fingerprint density at radius 3 is 2.57 bits per heavy atom. The summed E-state index contributed by atoms with van der Waals surface area (Å²) < 4.78 is 69.5. The summed E-state index contributed by atoms with van der Waals surface area (Å²) in [7, 11) is -1.92. The van der Waals surface area contributed by atoms with Crippen LogP contribution in [0.15, 0.2) is 53.9 Å². The third kappa shape index (κ3) is 3.45. The maximum absolute atomic E-state index is 13.4. The number of alkyl halides is 3. The molecule has 1 aromatic heterocycles. The van der Waals surface area contributed by atoms with Gasteiger partial charge in [0.1, 0.15) is 0 Å². The van der Waals surface area contributed by atoms with Gasteiger partial charge in [-0.3, -0.25) is 4.90 Å². The zero-order valence-electron chi connectivity index (χ0n) is 20.4. The number of hydrogen-bond acceptors (Lipinski definition) is 4. The Morgan fingerprint density at radius 2 is 1.92 bits per heavy atom. The van der Waals surface area contributed by atoms with E-state index in [1.165, 1.54) is 51.2 Å². The smallest absolute Gasteiger partial charge is 0.339 e. The van der Waals surface area contributed by atoms with Crippen molar-refractivity contribution < 1.29 is 21.6 Å². The maximum Gasteiger partial charge on any atom is 0.416 e. The minimum absolute atomic E-state index is 0.0556. The fraction of sp³-hybridized carbons (Fsp3) is 0.444. The number of aryl methyl sites for hydroxylation is 1. The molecule has 1 spiro atoms. The second-order valence-electron chi connectivity index (χ2n) is 11.0. The Kier molecular flexibility index (Phi) is 4.86. The second kappa shape index (κ2) is 7.68. The minimum Gasteiger partial charge on any atom is -0.339 e. The summed E-state index contributed by atoms with van der Waals surface area (Å²) in [6.07, 6.45) is 1.20. The standard InChI is InChI=1S/C27H27F3N4O2S/c1-32-13-23(31-16-32)37(35,36)34-14-26(15-34)21-7-6-18-12-22(33-8-3-9-33)20(24(18)25(21)26)11-17-4-2-5-19(10-17)27(28,29)30/h2,4-7,10,13,16,20,22H,3,8-9,11-12,14-15H2,1H3. The van der Waals surface area contributed by atoms with E-state index in [1.54, 1.807) is 17.7 Å². The molecule has 0 amide bonds. The normalized spacial score (nSPS) is 24.4. The van der Waals surface area contributed by atoms with Gasteiger partial charge in [-0.15, -0.1) is 0 Å². The highest BCUT2D eigenvalue weighted by atomic mass is 32.2. The molecule has 3 heterocycles. The fourth-order valence-corrected chi connectivity index (χ4v) is 8.28. The van der Waals surface area contributed by atoms with Crippen LogP contribution < -0.4 is 0 Å². The molecule has 37 heavy (non-hydrogen) atoms. The van der Waals surface area contributed by atoms with Crippen LogP contribution in [0.2, 0.25) is 0 Å². The highest BCUT2D eigenvalue weighted by molar-refractivity contribution is 7.89. The Labute approximate surface area is 213 Å². The lowest BCUT2D eigenvalue weighted by Crippen LogP contribution is -2.54. The molecule has 2 atom stereocenters. The molecule has 2 saturated heterocycles. The highest BCUT2D eigenvalue weighted by Crippen LogP contribution is 2.62. The lowest BCUT2D eigenvalue weighted by molar-refractivity contribution is -0.137. The number of benzene rings is 2. The van der Waals surface area contributed by atoms with E-state index < -0.39 is 21.8 Å². The van der Waals surface area contributed by atoms with Crippen molar-refractivity contribution in [2.75, 3.05) is 26.2 Å². The van der Waals surface area contributed by atoms with Gasteiger partial charge in [0.15, 0.2) is 5.03 Å². The van der Waals surface area contributed by atoms with Gasteiger partial charge in [0, 0.05) is 43.7 Å². The molecule has 194 valence electrons. The molecule has 6 nitrogen and oxygen atoms in total. The van der Waals surface area contributed by atoms with Crippen LogP contribution in [-0.4, -0.2) is 59.4 Å². The van der Waals surface area contributed by atoms with E-state index in [0.29, 0.717) is 25.1 Å². The third-order valence-corrected chi connectivity index (χ3v) is 10.5. The summed E-state index contributed by atoms with van der Waals surface area (Å²) in [5.74, 6) is 0.0922. The molecule has 2 aliphatic heterocycles. The average Bonchev–Trinajstić information content (AvgIpc) is 3.03. The third-order valence-electron chi connectivity index (χ3n) is 8.78. The summed E-state index contributed by atoms with van der Waals surface area (Å²) in [5.41, 5.74) is 4.74. The summed E-state index contributed by atoms with van der Waals surface area (Å²) >= 11 is 0. The zero-order valence-corrected chi connectivity index (χ0v) is 21.2. The molecule has 4 aliphatic rings. The molecule has 0 saturated carbocycles. The summed E-state index contributed by atoms with van der Waals surface area (Å²) in [6, 6.07) is 10.3. The summed E-state index contributed by atoms with van der Waals surface area (Å²) in [5, 5.41) is 0.0556. The average molecular weight is 529 g/mol. The number of halogens is 3. The Hall–Kier alpha value is -2.69. The maximum atomic E-state index is 13.4. The first-order valence-electron chi connectivity index (χ1n) is 12.6. The lowest BCUT2D eigenvalue weighted by atomic mass is 9.85. The van der Waals surface area contributed by atoms with Gasteiger partial charge >= 0.3 is 6.18 Å². The van der Waals surface area contributed by atoms with Crippen LogP contribution in [0.4, 0.5) is 13.2 Å². The molecule has 7 rings (SSSR count). The number of hydrogen-bond donors (Lipinski definition) is 0. The highest BCUT2D eigenvalue weighted by Gasteiger charge is 2.64. The van der Waals surface area contributed by atoms with Crippen LogP contribution in [0, 0.1) is 0 Å². The van der Waals surface area contributed by atoms with E-state index in [1.807, 2.05) is 0 Å². The first kappa shape index (κ1) is 23.4. The summed E-state index contributed by atoms with van der Waals surface area (Å²) in [4.78, 5) is 6.50. The Bertz CT molecular complexity index is 1520. The van der Waals surface area contributed by atoms with Gasteiger partial charge in [-0.2, -0.15) is 17.5 Å². The number of likely N-dealkylation sites (tertiary alicyclic amines) is 1. The van der Waals surface area contributed by atoms with E-state index in [0.717, 1.165) is 32.0 Å². The van der Waals surface area contributed by atoms with Gasteiger partial charge in [0.2, 0.25) is 0 Å². The zero-order chi connectivity index (χ0) is 25.7. The lowest BCUT2D eigenvalue weighted by Gasteiger charge is -2.41. The topological polar surface area (TPSA) is 58.4 Å². The quantitative estimate of drug-likeness (QED) is 0.507. The molecule has 2 fully saturated rings. The van der Waals surface area contributed by atoms with Crippen molar-refractivity contribution in [3.05, 3.63) is 82.3 Å². The molecule has 0 bridgehead atoms. The van der Waals surface area contributed by atoms with E-state index >= 15 is 0 Å². The van der Waals surface area contributed by atoms with Crippen molar-refractivity contribution in [2.24, 2.45) is 7.05 Å². The SMILES string of the molecule is Cn1cnc(S(=O)(=O)N2CC3(C2)c2ccc4c(c23)C(Cc2cccc(C(F)(F)F)c2)C(N2CCC2)C4)c1. The molecule has 10 heteroatoms. The van der Waals surface area contributed by atoms with Crippen molar-refractivity contribution in [1.82, 2.24) is 18.8 Å². The predicted octanol–water partition coefficient (Wildman–Crippen LogP) is 3.70. The number of nitrogens with zero attached hydrogens (tertiary/aromatic N) is 4. The van der Waals surface area contributed by atoms with Crippen LogP contribution in [-0.2, 0) is 41.5 Å². The molecular formula is C27H27F3N4O2S. The van der Waals surface area contributed by atoms with Crippen molar-refractivity contribution in [2.45, 2.75) is 47.8 Å². The molecule has 2 aromatic carbocycles. The van der Waals surface area contributed by atoms with Gasteiger partial charge in [0.05, 0.1) is 11.9 Å². The van der Waals surface area contributed by atoms with Gasteiger partial charge in [-0.25, -0.2) is 13.4 Å². The van der Waals surface area contributed by atoms with Crippen LogP contribution in [0.1, 0.15) is 45.7 Å². The number of aromatic nitrogens is 2. The van der Waals surface area contributed by atoms with Crippen molar-refractivity contribution in [3.63, 3.8) is 0 Å². The molecule has 0 N–H and O–H groups in total. The van der Waals surface area contributed by atoms with Crippen LogP contribution >= 0.6 is 0 Å². The van der Waals surface area contributed by atoms with E-state index in [9.17, 15) is 21.6 Å². The van der Waals surface area contributed by atoms with E-state index in [-0.39, 0.29) is 22.4 Å². The van der Waals surface area contributed by atoms with Crippen molar-refractivity contribution in [1.29, 1.82) is 0 Å².